The first-order valence-corrected chi connectivity index (χ1v) is 7.26. The van der Waals surface area contributed by atoms with Crippen LogP contribution in [0.4, 0.5) is 0 Å². The van der Waals surface area contributed by atoms with E-state index in [9.17, 15) is 4.79 Å². The van der Waals surface area contributed by atoms with E-state index in [4.69, 9.17) is 0 Å². The molecule has 0 spiro atoms. The molecule has 0 saturated carbocycles. The minimum atomic E-state index is 0.0670. The van der Waals surface area contributed by atoms with Gasteiger partial charge in [-0.2, -0.15) is 0 Å². The second kappa shape index (κ2) is 8.12. The topological polar surface area (TPSA) is 29.1 Å². The van der Waals surface area contributed by atoms with Crippen molar-refractivity contribution in [1.29, 1.82) is 0 Å². The molecule has 1 rings (SSSR count). The van der Waals surface area contributed by atoms with Crippen molar-refractivity contribution in [2.75, 3.05) is 6.54 Å². The quantitative estimate of drug-likeness (QED) is 0.675. The fraction of sp³-hybridized carbons (Fsp3) is 0.688. The number of hydrogen-bond donors (Lipinski definition) is 1. The number of carbonyl (C=O) groups excluding carboxylic acids is 1. The van der Waals surface area contributed by atoms with Gasteiger partial charge in [0, 0.05) is 13.5 Å². The average molecular weight is 249 g/mol. The van der Waals surface area contributed by atoms with Gasteiger partial charge in [-0.15, -0.1) is 0 Å². The normalized spacial score (nSPS) is 16.3. The molecule has 1 N–H and O–H groups in total. The Morgan fingerprint density at radius 1 is 1.28 bits per heavy atom. The predicted octanol–water partition coefficient (Wildman–Crippen LogP) is 4.13. The highest BCUT2D eigenvalue weighted by Crippen LogP contribution is 2.28. The van der Waals surface area contributed by atoms with Crippen LogP contribution in [0.15, 0.2) is 22.8 Å². The van der Waals surface area contributed by atoms with Crippen molar-refractivity contribution >= 4 is 5.91 Å². The summed E-state index contributed by atoms with van der Waals surface area (Å²) >= 11 is 0. The summed E-state index contributed by atoms with van der Waals surface area (Å²) < 4.78 is 0. The fourth-order valence-corrected chi connectivity index (χ4v) is 2.46. The number of amides is 1. The van der Waals surface area contributed by atoms with Crippen LogP contribution in [0.1, 0.15) is 65.7 Å². The van der Waals surface area contributed by atoms with Crippen LogP contribution in [-0.4, -0.2) is 12.5 Å². The fourth-order valence-electron chi connectivity index (χ4n) is 2.46. The number of unbranched alkanes of at least 4 members (excludes halogenated alkanes) is 2. The molecule has 0 bridgehead atoms. The highest BCUT2D eigenvalue weighted by Gasteiger charge is 2.12. The van der Waals surface area contributed by atoms with Gasteiger partial charge in [-0.3, -0.25) is 4.79 Å². The van der Waals surface area contributed by atoms with Crippen molar-refractivity contribution in [3.8, 4) is 0 Å². The van der Waals surface area contributed by atoms with Gasteiger partial charge >= 0.3 is 0 Å². The third-order valence-corrected chi connectivity index (χ3v) is 3.52. The Labute approximate surface area is 112 Å². The largest absolute Gasteiger partial charge is 0.353 e. The molecule has 1 aliphatic rings. The molecule has 0 heterocycles. The van der Waals surface area contributed by atoms with Gasteiger partial charge in [0.15, 0.2) is 0 Å². The third-order valence-electron chi connectivity index (χ3n) is 3.52. The number of hydrogen-bond acceptors (Lipinski definition) is 1. The molecule has 0 unspecified atom stereocenters. The molecule has 2 nitrogen and oxygen atoms in total. The van der Waals surface area contributed by atoms with Gasteiger partial charge in [0.05, 0.1) is 0 Å². The van der Waals surface area contributed by atoms with Crippen molar-refractivity contribution < 1.29 is 4.79 Å². The van der Waals surface area contributed by atoms with Crippen molar-refractivity contribution in [1.82, 2.24) is 5.32 Å². The van der Waals surface area contributed by atoms with Crippen LogP contribution >= 0.6 is 0 Å². The Hall–Kier alpha value is -1.05. The Morgan fingerprint density at radius 3 is 2.72 bits per heavy atom. The molecule has 1 aliphatic carbocycles. The van der Waals surface area contributed by atoms with Crippen LogP contribution in [0.2, 0.25) is 0 Å². The lowest BCUT2D eigenvalue weighted by Gasteiger charge is -2.06. The number of rotatable bonds is 7. The zero-order valence-corrected chi connectivity index (χ0v) is 12.1. The molecule has 0 aromatic carbocycles. The third kappa shape index (κ3) is 5.52. The smallest absolute Gasteiger partial charge is 0.217 e. The Kier molecular flexibility index (Phi) is 6.77. The summed E-state index contributed by atoms with van der Waals surface area (Å²) in [5, 5.41) is 2.92. The summed E-state index contributed by atoms with van der Waals surface area (Å²) in [6.45, 7) is 6.80. The van der Waals surface area contributed by atoms with E-state index in [-0.39, 0.29) is 5.91 Å². The molecule has 0 aromatic rings. The zero-order chi connectivity index (χ0) is 13.4. The van der Waals surface area contributed by atoms with Crippen LogP contribution in [0.3, 0.4) is 0 Å². The summed E-state index contributed by atoms with van der Waals surface area (Å²) in [6, 6.07) is 0. The number of allylic oxidation sites excluding steroid dienone is 3. The van der Waals surface area contributed by atoms with Crippen molar-refractivity contribution in [2.24, 2.45) is 0 Å². The lowest BCUT2D eigenvalue weighted by Crippen LogP contribution is -2.22. The molecule has 102 valence electrons. The summed E-state index contributed by atoms with van der Waals surface area (Å²) in [5.41, 5.74) is 4.39. The minimum absolute atomic E-state index is 0.0670. The van der Waals surface area contributed by atoms with Crippen LogP contribution in [0.25, 0.3) is 0 Å². The van der Waals surface area contributed by atoms with E-state index < -0.39 is 0 Å². The molecule has 0 saturated heterocycles. The molecule has 1 amide bonds. The highest BCUT2D eigenvalue weighted by atomic mass is 16.1. The first-order valence-electron chi connectivity index (χ1n) is 7.26. The van der Waals surface area contributed by atoms with E-state index in [1.807, 2.05) is 0 Å². The van der Waals surface area contributed by atoms with Crippen LogP contribution in [-0.2, 0) is 4.79 Å². The molecule has 0 aliphatic heterocycles. The highest BCUT2D eigenvalue weighted by molar-refractivity contribution is 5.73. The molecule has 18 heavy (non-hydrogen) atoms. The van der Waals surface area contributed by atoms with Crippen molar-refractivity contribution in [3.05, 3.63) is 22.8 Å². The molecule has 0 atom stereocenters. The summed E-state index contributed by atoms with van der Waals surface area (Å²) in [7, 11) is 0. The van der Waals surface area contributed by atoms with Crippen molar-refractivity contribution in [3.63, 3.8) is 0 Å². The van der Waals surface area contributed by atoms with E-state index in [1.165, 1.54) is 55.2 Å². The van der Waals surface area contributed by atoms with Gasteiger partial charge in [-0.1, -0.05) is 31.4 Å². The van der Waals surface area contributed by atoms with Gasteiger partial charge in [0.25, 0.3) is 0 Å². The number of carbonyl (C=O) groups is 1. The Balaban J connectivity index is 2.52. The van der Waals surface area contributed by atoms with E-state index in [2.05, 4.69) is 25.2 Å². The molecule has 2 heteroatoms. The Bertz CT molecular complexity index is 339. The van der Waals surface area contributed by atoms with Gasteiger partial charge in [-0.05, 0) is 50.2 Å². The second-order valence-electron chi connectivity index (χ2n) is 5.34. The van der Waals surface area contributed by atoms with Gasteiger partial charge in [0.1, 0.15) is 0 Å². The number of nitrogens with one attached hydrogen (secondary N) is 1. The zero-order valence-electron chi connectivity index (χ0n) is 12.1. The summed E-state index contributed by atoms with van der Waals surface area (Å²) in [4.78, 5) is 11.0. The SMILES string of the molecule is CCCCC/C(C)=C/C1=C(CNC(C)=O)CCC1. The molecular formula is C16H27NO. The molecule has 0 aromatic heterocycles. The second-order valence-corrected chi connectivity index (χ2v) is 5.34. The molecular weight excluding hydrogens is 222 g/mol. The van der Waals surface area contributed by atoms with E-state index >= 15 is 0 Å². The molecule has 0 fully saturated rings. The van der Waals surface area contributed by atoms with Gasteiger partial charge < -0.3 is 5.32 Å². The minimum Gasteiger partial charge on any atom is -0.353 e. The maximum Gasteiger partial charge on any atom is 0.217 e. The maximum atomic E-state index is 11.0. The Morgan fingerprint density at radius 2 is 2.06 bits per heavy atom. The first kappa shape index (κ1) is 15.0. The van der Waals surface area contributed by atoms with Crippen LogP contribution in [0.5, 0.6) is 0 Å². The average Bonchev–Trinajstić information content (AvgIpc) is 2.74. The predicted molar refractivity (Wildman–Crippen MR) is 77.5 cm³/mol. The standard InChI is InChI=1S/C16H27NO/c1-4-5-6-8-13(2)11-15-9-7-10-16(15)12-17-14(3)18/h11H,4-10,12H2,1-3H3,(H,17,18)/b13-11+. The maximum absolute atomic E-state index is 11.0. The lowest BCUT2D eigenvalue weighted by molar-refractivity contribution is -0.118. The van der Waals surface area contributed by atoms with E-state index in [0.717, 1.165) is 13.0 Å². The summed E-state index contributed by atoms with van der Waals surface area (Å²) in [5.74, 6) is 0.0670. The van der Waals surface area contributed by atoms with Gasteiger partial charge in [-0.25, -0.2) is 0 Å². The molecule has 0 radical (unpaired) electrons. The van der Waals surface area contributed by atoms with Crippen LogP contribution in [0, 0.1) is 0 Å². The van der Waals surface area contributed by atoms with E-state index in [1.54, 1.807) is 6.92 Å². The first-order chi connectivity index (χ1) is 8.63. The van der Waals surface area contributed by atoms with Crippen molar-refractivity contribution in [2.45, 2.75) is 65.7 Å². The monoisotopic (exact) mass is 249 g/mol. The van der Waals surface area contributed by atoms with Crippen LogP contribution < -0.4 is 5.32 Å². The van der Waals surface area contributed by atoms with Gasteiger partial charge in [0.2, 0.25) is 5.91 Å². The summed E-state index contributed by atoms with van der Waals surface area (Å²) in [6.07, 6.45) is 11.0. The van der Waals surface area contributed by atoms with E-state index in [0.29, 0.717) is 0 Å². The lowest BCUT2D eigenvalue weighted by atomic mass is 10.0.